The van der Waals surface area contributed by atoms with E-state index < -0.39 is 5.97 Å². The third kappa shape index (κ3) is 8.05. The fourth-order valence-corrected chi connectivity index (χ4v) is 1.59. The van der Waals surface area contributed by atoms with Gasteiger partial charge in [-0.15, -0.1) is 0 Å². The van der Waals surface area contributed by atoms with E-state index in [-0.39, 0.29) is 12.5 Å². The summed E-state index contributed by atoms with van der Waals surface area (Å²) in [5.41, 5.74) is 0. The van der Waals surface area contributed by atoms with E-state index >= 15 is 0 Å². The molecule has 1 unspecified atom stereocenters. The SMILES string of the molecule is CCCCCCC(CC(=O)O)NCC. The smallest absolute Gasteiger partial charge is 0.304 e. The molecule has 0 radical (unpaired) electrons. The van der Waals surface area contributed by atoms with Gasteiger partial charge in [-0.25, -0.2) is 0 Å². The first kappa shape index (κ1) is 13.4. The zero-order chi connectivity index (χ0) is 10.8. The Kier molecular flexibility index (Phi) is 8.64. The molecule has 0 fully saturated rings. The first-order valence-corrected chi connectivity index (χ1v) is 5.65. The Morgan fingerprint density at radius 3 is 2.50 bits per heavy atom. The second kappa shape index (κ2) is 9.00. The zero-order valence-electron chi connectivity index (χ0n) is 9.38. The summed E-state index contributed by atoms with van der Waals surface area (Å²) >= 11 is 0. The van der Waals surface area contributed by atoms with Crippen molar-refractivity contribution in [2.45, 2.75) is 58.4 Å². The van der Waals surface area contributed by atoms with Gasteiger partial charge in [-0.05, 0) is 13.0 Å². The van der Waals surface area contributed by atoms with Crippen LogP contribution in [-0.2, 0) is 4.79 Å². The monoisotopic (exact) mass is 201 g/mol. The predicted molar refractivity (Wildman–Crippen MR) is 58.5 cm³/mol. The summed E-state index contributed by atoms with van der Waals surface area (Å²) in [5, 5.41) is 11.9. The standard InChI is InChI=1S/C11H23NO2/c1-3-5-6-7-8-10(12-4-2)9-11(13)14/h10,12H,3-9H2,1-2H3,(H,13,14). The molecule has 0 aromatic heterocycles. The number of rotatable bonds is 9. The number of hydrogen-bond acceptors (Lipinski definition) is 2. The molecule has 0 spiro atoms. The highest BCUT2D eigenvalue weighted by atomic mass is 16.4. The maximum atomic E-state index is 10.5. The number of hydrogen-bond donors (Lipinski definition) is 2. The lowest BCUT2D eigenvalue weighted by Crippen LogP contribution is -2.31. The van der Waals surface area contributed by atoms with Gasteiger partial charge in [-0.1, -0.05) is 39.5 Å². The Morgan fingerprint density at radius 1 is 1.29 bits per heavy atom. The molecule has 84 valence electrons. The Balaban J connectivity index is 3.56. The average Bonchev–Trinajstić information content (AvgIpc) is 2.12. The third-order valence-corrected chi connectivity index (χ3v) is 2.32. The van der Waals surface area contributed by atoms with Crippen molar-refractivity contribution in [2.24, 2.45) is 0 Å². The van der Waals surface area contributed by atoms with E-state index in [1.807, 2.05) is 6.92 Å². The predicted octanol–water partition coefficient (Wildman–Crippen LogP) is 2.41. The summed E-state index contributed by atoms with van der Waals surface area (Å²) in [6.45, 7) is 5.05. The van der Waals surface area contributed by atoms with Crippen molar-refractivity contribution < 1.29 is 9.90 Å². The maximum absolute atomic E-state index is 10.5. The number of nitrogens with one attached hydrogen (secondary N) is 1. The number of carboxylic acids is 1. The Hall–Kier alpha value is -0.570. The second-order valence-electron chi connectivity index (χ2n) is 3.70. The molecule has 1 atom stereocenters. The van der Waals surface area contributed by atoms with Gasteiger partial charge in [0.2, 0.25) is 0 Å². The maximum Gasteiger partial charge on any atom is 0.304 e. The van der Waals surface area contributed by atoms with Crippen molar-refractivity contribution in [2.75, 3.05) is 6.54 Å². The van der Waals surface area contributed by atoms with Crippen LogP contribution in [0.2, 0.25) is 0 Å². The summed E-state index contributed by atoms with van der Waals surface area (Å²) in [5.74, 6) is -0.702. The van der Waals surface area contributed by atoms with Gasteiger partial charge >= 0.3 is 5.97 Å². The van der Waals surface area contributed by atoms with E-state index in [1.165, 1.54) is 19.3 Å². The van der Waals surface area contributed by atoms with Crippen LogP contribution < -0.4 is 5.32 Å². The van der Waals surface area contributed by atoms with Gasteiger partial charge in [0.15, 0.2) is 0 Å². The number of carboxylic acid groups (broad SMARTS) is 1. The second-order valence-corrected chi connectivity index (χ2v) is 3.70. The summed E-state index contributed by atoms with van der Waals surface area (Å²) in [4.78, 5) is 10.5. The Bertz CT molecular complexity index is 148. The number of carbonyl (C=O) groups is 1. The molecule has 0 aromatic rings. The van der Waals surface area contributed by atoms with Gasteiger partial charge in [0.05, 0.1) is 6.42 Å². The van der Waals surface area contributed by atoms with Crippen LogP contribution in [0.1, 0.15) is 52.4 Å². The number of aliphatic carboxylic acids is 1. The van der Waals surface area contributed by atoms with Crippen LogP contribution in [0.15, 0.2) is 0 Å². The van der Waals surface area contributed by atoms with Gasteiger partial charge < -0.3 is 10.4 Å². The van der Waals surface area contributed by atoms with Crippen LogP contribution >= 0.6 is 0 Å². The molecule has 0 aliphatic rings. The van der Waals surface area contributed by atoms with Crippen LogP contribution in [0.4, 0.5) is 0 Å². The summed E-state index contributed by atoms with van der Waals surface area (Å²) in [6, 6.07) is 0.161. The highest BCUT2D eigenvalue weighted by molar-refractivity contribution is 5.67. The molecule has 0 aromatic carbocycles. The minimum absolute atomic E-state index is 0.161. The minimum atomic E-state index is -0.702. The van der Waals surface area contributed by atoms with E-state index in [0.29, 0.717) is 0 Å². The van der Waals surface area contributed by atoms with Crippen molar-refractivity contribution >= 4 is 5.97 Å². The van der Waals surface area contributed by atoms with Crippen molar-refractivity contribution in [3.63, 3.8) is 0 Å². The first-order chi connectivity index (χ1) is 6.70. The Labute approximate surface area is 86.9 Å². The van der Waals surface area contributed by atoms with Crippen LogP contribution in [0.25, 0.3) is 0 Å². The molecule has 0 amide bonds. The number of unbranched alkanes of at least 4 members (excludes halogenated alkanes) is 3. The quantitative estimate of drug-likeness (QED) is 0.563. The molecule has 0 saturated carbocycles. The molecular formula is C11H23NO2. The molecule has 14 heavy (non-hydrogen) atoms. The minimum Gasteiger partial charge on any atom is -0.481 e. The molecule has 2 N–H and O–H groups in total. The molecule has 0 aliphatic heterocycles. The summed E-state index contributed by atoms with van der Waals surface area (Å²) in [6.07, 6.45) is 6.08. The lowest BCUT2D eigenvalue weighted by molar-refractivity contribution is -0.137. The molecule has 3 heteroatoms. The average molecular weight is 201 g/mol. The van der Waals surface area contributed by atoms with Crippen molar-refractivity contribution in [3.05, 3.63) is 0 Å². The summed E-state index contributed by atoms with van der Waals surface area (Å²) < 4.78 is 0. The van der Waals surface area contributed by atoms with E-state index in [0.717, 1.165) is 19.4 Å². The van der Waals surface area contributed by atoms with Gasteiger partial charge in [-0.2, -0.15) is 0 Å². The van der Waals surface area contributed by atoms with Crippen LogP contribution in [0.3, 0.4) is 0 Å². The van der Waals surface area contributed by atoms with E-state index in [9.17, 15) is 4.79 Å². The van der Waals surface area contributed by atoms with Gasteiger partial charge in [-0.3, -0.25) is 4.79 Å². The van der Waals surface area contributed by atoms with Gasteiger partial charge in [0.25, 0.3) is 0 Å². The molecule has 3 nitrogen and oxygen atoms in total. The van der Waals surface area contributed by atoms with Crippen molar-refractivity contribution in [1.29, 1.82) is 0 Å². The summed E-state index contributed by atoms with van der Waals surface area (Å²) in [7, 11) is 0. The van der Waals surface area contributed by atoms with Gasteiger partial charge in [0.1, 0.15) is 0 Å². The molecule has 0 aliphatic carbocycles. The lowest BCUT2D eigenvalue weighted by Gasteiger charge is -2.15. The van der Waals surface area contributed by atoms with Crippen molar-refractivity contribution in [1.82, 2.24) is 5.32 Å². The third-order valence-electron chi connectivity index (χ3n) is 2.32. The molecule has 0 rings (SSSR count). The van der Waals surface area contributed by atoms with E-state index in [2.05, 4.69) is 12.2 Å². The Morgan fingerprint density at radius 2 is 2.00 bits per heavy atom. The van der Waals surface area contributed by atoms with Crippen LogP contribution in [0, 0.1) is 0 Å². The molecule has 0 heterocycles. The largest absolute Gasteiger partial charge is 0.481 e. The fraction of sp³-hybridized carbons (Fsp3) is 0.909. The lowest BCUT2D eigenvalue weighted by atomic mass is 10.0. The van der Waals surface area contributed by atoms with Crippen molar-refractivity contribution in [3.8, 4) is 0 Å². The molecule has 0 bridgehead atoms. The highest BCUT2D eigenvalue weighted by Gasteiger charge is 2.10. The van der Waals surface area contributed by atoms with E-state index in [4.69, 9.17) is 5.11 Å². The van der Waals surface area contributed by atoms with Crippen LogP contribution in [-0.4, -0.2) is 23.7 Å². The normalized spacial score (nSPS) is 12.7. The molecule has 0 saturated heterocycles. The topological polar surface area (TPSA) is 49.3 Å². The fourth-order valence-electron chi connectivity index (χ4n) is 1.59. The van der Waals surface area contributed by atoms with Crippen LogP contribution in [0.5, 0.6) is 0 Å². The van der Waals surface area contributed by atoms with Gasteiger partial charge in [0, 0.05) is 6.04 Å². The zero-order valence-corrected chi connectivity index (χ0v) is 9.38. The first-order valence-electron chi connectivity index (χ1n) is 5.65. The van der Waals surface area contributed by atoms with E-state index in [1.54, 1.807) is 0 Å². The molecular weight excluding hydrogens is 178 g/mol. The highest BCUT2D eigenvalue weighted by Crippen LogP contribution is 2.07.